The molecule has 2 aromatic heterocycles. The normalized spacial score (nSPS) is 17.1. The molecule has 2 aliphatic heterocycles. The molecule has 5 rings (SSSR count). The fraction of sp³-hybridized carbons (Fsp3) is 0.429. The van der Waals surface area contributed by atoms with Crippen LogP contribution in [0.5, 0.6) is 11.5 Å². The first-order valence-corrected chi connectivity index (χ1v) is 11.3. The van der Waals surface area contributed by atoms with Crippen molar-refractivity contribution in [3.63, 3.8) is 0 Å². The smallest absolute Gasteiger partial charge is 0.231 e. The van der Waals surface area contributed by atoms with Gasteiger partial charge >= 0.3 is 0 Å². The summed E-state index contributed by atoms with van der Waals surface area (Å²) in [6.07, 6.45) is 1.73. The number of benzene rings is 1. The Balaban J connectivity index is 1.51. The van der Waals surface area contributed by atoms with E-state index in [4.69, 9.17) is 24.2 Å². The van der Waals surface area contributed by atoms with Crippen molar-refractivity contribution in [2.75, 3.05) is 6.79 Å². The maximum Gasteiger partial charge on any atom is 0.231 e. The van der Waals surface area contributed by atoms with Crippen molar-refractivity contribution >= 4 is 33.3 Å². The lowest BCUT2D eigenvalue weighted by Crippen LogP contribution is -2.31. The van der Waals surface area contributed by atoms with Crippen molar-refractivity contribution in [2.45, 2.75) is 56.6 Å². The summed E-state index contributed by atoms with van der Waals surface area (Å²) in [5.74, 6) is 3.38. The van der Waals surface area contributed by atoms with E-state index in [1.165, 1.54) is 21.4 Å². The summed E-state index contributed by atoms with van der Waals surface area (Å²) >= 11 is 3.53. The van der Waals surface area contributed by atoms with Crippen LogP contribution in [-0.4, -0.2) is 22.4 Å². The van der Waals surface area contributed by atoms with E-state index in [1.807, 2.05) is 6.07 Å². The zero-order valence-electron chi connectivity index (χ0n) is 16.2. The molecular formula is C21H22N2O3S2. The Morgan fingerprint density at radius 3 is 2.89 bits per heavy atom. The van der Waals surface area contributed by atoms with Crippen molar-refractivity contribution in [3.8, 4) is 11.5 Å². The molecule has 0 amide bonds. The average Bonchev–Trinajstić information content (AvgIpc) is 3.28. The zero-order chi connectivity index (χ0) is 19.3. The van der Waals surface area contributed by atoms with Crippen LogP contribution in [0.3, 0.4) is 0 Å². The van der Waals surface area contributed by atoms with Gasteiger partial charge in [-0.25, -0.2) is 9.97 Å². The molecule has 0 saturated heterocycles. The highest BCUT2D eigenvalue weighted by molar-refractivity contribution is 7.98. The molecule has 0 radical (unpaired) electrons. The molecule has 5 nitrogen and oxygen atoms in total. The molecule has 7 heteroatoms. The van der Waals surface area contributed by atoms with E-state index in [2.05, 4.69) is 32.9 Å². The summed E-state index contributed by atoms with van der Waals surface area (Å²) < 4.78 is 16.9. The quantitative estimate of drug-likeness (QED) is 0.436. The number of aryl methyl sites for hydroxylation is 1. The topological polar surface area (TPSA) is 53.5 Å². The van der Waals surface area contributed by atoms with E-state index in [-0.39, 0.29) is 5.60 Å². The summed E-state index contributed by atoms with van der Waals surface area (Å²) in [5.41, 5.74) is 2.42. The molecule has 4 heterocycles. The first kappa shape index (κ1) is 18.2. The number of aromatic nitrogens is 2. The molecular weight excluding hydrogens is 392 g/mol. The lowest BCUT2D eigenvalue weighted by molar-refractivity contribution is -0.0379. The molecule has 0 spiro atoms. The Morgan fingerprint density at radius 2 is 2.04 bits per heavy atom. The summed E-state index contributed by atoms with van der Waals surface area (Å²) in [4.78, 5) is 12.1. The Kier molecular flexibility index (Phi) is 4.49. The van der Waals surface area contributed by atoms with E-state index < -0.39 is 0 Å². The second kappa shape index (κ2) is 6.90. The number of ether oxygens (including phenoxy) is 3. The van der Waals surface area contributed by atoms with Crippen LogP contribution in [-0.2, 0) is 29.9 Å². The maximum absolute atomic E-state index is 6.02. The molecule has 2 aliphatic rings. The van der Waals surface area contributed by atoms with Crippen LogP contribution < -0.4 is 9.47 Å². The number of hydrogen-bond acceptors (Lipinski definition) is 7. The second-order valence-corrected chi connectivity index (χ2v) is 9.73. The molecule has 146 valence electrons. The first-order chi connectivity index (χ1) is 13.5. The lowest BCUT2D eigenvalue weighted by atomic mass is 9.94. The van der Waals surface area contributed by atoms with Gasteiger partial charge in [-0.05, 0) is 37.1 Å². The fourth-order valence-corrected chi connectivity index (χ4v) is 5.80. The monoisotopic (exact) mass is 414 g/mol. The average molecular weight is 415 g/mol. The van der Waals surface area contributed by atoms with Crippen LogP contribution in [0.4, 0.5) is 0 Å². The Labute approximate surface area is 172 Å². The van der Waals surface area contributed by atoms with Crippen LogP contribution in [0.15, 0.2) is 23.2 Å². The highest BCUT2D eigenvalue weighted by Gasteiger charge is 2.31. The van der Waals surface area contributed by atoms with Crippen molar-refractivity contribution < 1.29 is 14.2 Å². The molecule has 0 aliphatic carbocycles. The van der Waals surface area contributed by atoms with E-state index in [1.54, 1.807) is 23.1 Å². The van der Waals surface area contributed by atoms with Crippen molar-refractivity contribution in [1.29, 1.82) is 0 Å². The highest BCUT2D eigenvalue weighted by atomic mass is 32.2. The van der Waals surface area contributed by atoms with Crippen molar-refractivity contribution in [2.24, 2.45) is 0 Å². The van der Waals surface area contributed by atoms with Crippen LogP contribution in [0, 0.1) is 0 Å². The maximum atomic E-state index is 6.02. The van der Waals surface area contributed by atoms with Gasteiger partial charge in [0, 0.05) is 28.9 Å². The third kappa shape index (κ3) is 3.25. The van der Waals surface area contributed by atoms with Crippen LogP contribution >= 0.6 is 23.1 Å². The zero-order valence-corrected chi connectivity index (χ0v) is 17.8. The number of fused-ring (bicyclic) bond motifs is 4. The number of thiophene rings is 1. The predicted octanol–water partition coefficient (Wildman–Crippen LogP) is 5.13. The van der Waals surface area contributed by atoms with Crippen LogP contribution in [0.2, 0.25) is 0 Å². The van der Waals surface area contributed by atoms with E-state index in [0.29, 0.717) is 13.4 Å². The SMILES string of the molecule is CCc1nc(SCc2ccc3c(c2)OCO3)c2c3c(sc2n1)COC(C)(C)C3. The number of hydrogen-bond donors (Lipinski definition) is 0. The minimum absolute atomic E-state index is 0.149. The Hall–Kier alpha value is -1.83. The summed E-state index contributed by atoms with van der Waals surface area (Å²) in [6.45, 7) is 7.38. The molecule has 0 atom stereocenters. The predicted molar refractivity (Wildman–Crippen MR) is 111 cm³/mol. The number of rotatable bonds is 4. The van der Waals surface area contributed by atoms with Gasteiger partial charge in [0.15, 0.2) is 11.5 Å². The largest absolute Gasteiger partial charge is 0.454 e. The summed E-state index contributed by atoms with van der Waals surface area (Å²) in [5, 5.41) is 2.30. The van der Waals surface area contributed by atoms with Gasteiger partial charge in [-0.3, -0.25) is 0 Å². The first-order valence-electron chi connectivity index (χ1n) is 9.49. The van der Waals surface area contributed by atoms with Gasteiger partial charge in [0.1, 0.15) is 15.7 Å². The third-order valence-corrected chi connectivity index (χ3v) is 7.22. The molecule has 1 aromatic carbocycles. The Morgan fingerprint density at radius 1 is 1.18 bits per heavy atom. The molecule has 0 bridgehead atoms. The van der Waals surface area contributed by atoms with Gasteiger partial charge in [-0.15, -0.1) is 23.1 Å². The lowest BCUT2D eigenvalue weighted by Gasteiger charge is -2.30. The van der Waals surface area contributed by atoms with Crippen molar-refractivity contribution in [3.05, 3.63) is 40.0 Å². The summed E-state index contributed by atoms with van der Waals surface area (Å²) in [6, 6.07) is 6.14. The van der Waals surface area contributed by atoms with Gasteiger partial charge in [0.25, 0.3) is 0 Å². The molecule has 0 unspecified atom stereocenters. The number of nitrogens with zero attached hydrogens (tertiary/aromatic N) is 2. The fourth-order valence-electron chi connectivity index (χ4n) is 3.60. The summed E-state index contributed by atoms with van der Waals surface area (Å²) in [7, 11) is 0. The van der Waals surface area contributed by atoms with Gasteiger partial charge < -0.3 is 14.2 Å². The standard InChI is InChI=1S/C21H22N2O3S2/c1-4-17-22-19(27-10-12-5-6-14-15(7-12)25-11-24-14)18-13-8-21(2,3)26-9-16(13)28-20(18)23-17/h5-7H,4,8-11H2,1-3H3. The highest BCUT2D eigenvalue weighted by Crippen LogP contribution is 2.42. The van der Waals surface area contributed by atoms with Gasteiger partial charge in [0.05, 0.1) is 12.2 Å². The van der Waals surface area contributed by atoms with Crippen LogP contribution in [0.25, 0.3) is 10.2 Å². The molecule has 3 aromatic rings. The minimum Gasteiger partial charge on any atom is -0.454 e. The van der Waals surface area contributed by atoms with Crippen molar-refractivity contribution in [1.82, 2.24) is 9.97 Å². The van der Waals surface area contributed by atoms with E-state index in [9.17, 15) is 0 Å². The minimum atomic E-state index is -0.149. The van der Waals surface area contributed by atoms with Gasteiger partial charge in [0.2, 0.25) is 6.79 Å². The van der Waals surface area contributed by atoms with E-state index >= 15 is 0 Å². The second-order valence-electron chi connectivity index (χ2n) is 7.68. The Bertz CT molecular complexity index is 1060. The van der Waals surface area contributed by atoms with Crippen LogP contribution in [0.1, 0.15) is 42.6 Å². The molecule has 0 N–H and O–H groups in total. The molecule has 0 saturated carbocycles. The number of thioether (sulfide) groups is 1. The molecule has 28 heavy (non-hydrogen) atoms. The molecule has 0 fully saturated rings. The van der Waals surface area contributed by atoms with E-state index in [0.717, 1.165) is 45.8 Å². The van der Waals surface area contributed by atoms with Gasteiger partial charge in [-0.2, -0.15) is 0 Å². The van der Waals surface area contributed by atoms with Gasteiger partial charge in [-0.1, -0.05) is 13.0 Å². The third-order valence-electron chi connectivity index (χ3n) is 5.07.